The van der Waals surface area contributed by atoms with Crippen LogP contribution < -0.4 is 14.8 Å². The molecule has 0 aliphatic heterocycles. The summed E-state index contributed by atoms with van der Waals surface area (Å²) >= 11 is 6.34. The molecule has 1 aromatic carbocycles. The van der Waals surface area contributed by atoms with Gasteiger partial charge in [-0.2, -0.15) is 23.1 Å². The summed E-state index contributed by atoms with van der Waals surface area (Å²) in [6.45, 7) is 2.66. The summed E-state index contributed by atoms with van der Waals surface area (Å²) in [7, 11) is 3.07. The summed E-state index contributed by atoms with van der Waals surface area (Å²) in [6.07, 6.45) is -3.10. The predicted molar refractivity (Wildman–Crippen MR) is 136 cm³/mol. The first kappa shape index (κ1) is 27.8. The van der Waals surface area contributed by atoms with Crippen LogP contribution >= 0.6 is 11.6 Å². The summed E-state index contributed by atoms with van der Waals surface area (Å²) in [6, 6.07) is 4.13. The Kier molecular flexibility index (Phi) is 7.67. The van der Waals surface area contributed by atoms with Crippen LogP contribution in [0.4, 0.5) is 24.8 Å². The molecule has 0 bridgehead atoms. The molecule has 1 saturated carbocycles. The first-order chi connectivity index (χ1) is 17.7. The number of H-pyrrole nitrogens is 1. The number of halogens is 4. The van der Waals surface area contributed by atoms with Gasteiger partial charge in [0.05, 0.1) is 21.7 Å². The Bertz CT molecular complexity index is 1320. The van der Waals surface area contributed by atoms with Gasteiger partial charge < -0.3 is 29.8 Å². The fourth-order valence-electron chi connectivity index (χ4n) is 4.09. The topological polar surface area (TPSA) is 113 Å². The zero-order valence-corrected chi connectivity index (χ0v) is 22.1. The quantitative estimate of drug-likeness (QED) is 0.355. The highest BCUT2D eigenvalue weighted by molar-refractivity contribution is 6.35. The SMILES string of the molecule is CC(Oc1cc(C(=O)N(C)C)ccc1Nc1nc(OC2CCC(C)(O)CC2)c2c(Cl)c[nH]c2n1)C(F)(F)F. The highest BCUT2D eigenvalue weighted by Gasteiger charge is 2.38. The third kappa shape index (κ3) is 6.24. The number of ether oxygens (including phenoxy) is 2. The average Bonchev–Trinajstić information content (AvgIpc) is 3.21. The number of benzene rings is 1. The van der Waals surface area contributed by atoms with Crippen molar-refractivity contribution in [1.29, 1.82) is 0 Å². The molecule has 0 saturated heterocycles. The van der Waals surface area contributed by atoms with Gasteiger partial charge in [0, 0.05) is 25.9 Å². The van der Waals surface area contributed by atoms with Crippen LogP contribution in [0.3, 0.4) is 0 Å². The van der Waals surface area contributed by atoms with E-state index in [-0.39, 0.29) is 34.9 Å². The van der Waals surface area contributed by atoms with Crippen molar-refractivity contribution in [2.24, 2.45) is 0 Å². The van der Waals surface area contributed by atoms with Gasteiger partial charge in [-0.05, 0) is 57.7 Å². The minimum absolute atomic E-state index is 0.0185. The van der Waals surface area contributed by atoms with Gasteiger partial charge in [0.25, 0.3) is 5.91 Å². The number of hydrogen-bond donors (Lipinski definition) is 3. The van der Waals surface area contributed by atoms with E-state index in [1.54, 1.807) is 6.92 Å². The van der Waals surface area contributed by atoms with E-state index < -0.39 is 23.8 Å². The molecule has 3 N–H and O–H groups in total. The Morgan fingerprint density at radius 1 is 1.29 bits per heavy atom. The van der Waals surface area contributed by atoms with E-state index in [9.17, 15) is 23.1 Å². The monoisotopic (exact) mass is 555 g/mol. The molecule has 0 spiro atoms. The second-order valence-corrected chi connectivity index (χ2v) is 10.3. The smallest absolute Gasteiger partial charge is 0.425 e. The maximum Gasteiger partial charge on any atom is 0.425 e. The molecule has 1 aliphatic carbocycles. The third-order valence-corrected chi connectivity index (χ3v) is 6.68. The second kappa shape index (κ2) is 10.5. The molecule has 2 aromatic heterocycles. The first-order valence-electron chi connectivity index (χ1n) is 12.0. The predicted octanol–water partition coefficient (Wildman–Crippen LogP) is 5.46. The number of aromatic amines is 1. The number of carbonyl (C=O) groups is 1. The lowest BCUT2D eigenvalue weighted by Gasteiger charge is -2.33. The van der Waals surface area contributed by atoms with E-state index in [0.717, 1.165) is 6.92 Å². The van der Waals surface area contributed by atoms with E-state index >= 15 is 0 Å². The third-order valence-electron chi connectivity index (χ3n) is 6.38. The van der Waals surface area contributed by atoms with Crippen LogP contribution in [0.15, 0.2) is 24.4 Å². The Labute approximate surface area is 222 Å². The molecule has 0 radical (unpaired) electrons. The Morgan fingerprint density at radius 2 is 1.97 bits per heavy atom. The molecule has 9 nitrogen and oxygen atoms in total. The number of aromatic nitrogens is 3. The fourth-order valence-corrected chi connectivity index (χ4v) is 4.31. The normalized spacial score (nSPS) is 20.7. The average molecular weight is 556 g/mol. The number of carbonyl (C=O) groups excluding carboxylic acids is 1. The van der Waals surface area contributed by atoms with Gasteiger partial charge in [0.2, 0.25) is 11.8 Å². The van der Waals surface area contributed by atoms with Gasteiger partial charge in [-0.1, -0.05) is 11.6 Å². The van der Waals surface area contributed by atoms with Gasteiger partial charge >= 0.3 is 6.18 Å². The van der Waals surface area contributed by atoms with Gasteiger partial charge in [0.15, 0.2) is 6.10 Å². The Hall–Kier alpha value is -3.25. The minimum atomic E-state index is -4.62. The number of rotatable bonds is 7. The van der Waals surface area contributed by atoms with Crippen molar-refractivity contribution in [3.63, 3.8) is 0 Å². The molecule has 2 heterocycles. The molecule has 4 rings (SSSR count). The van der Waals surface area contributed by atoms with E-state index in [1.807, 2.05) is 0 Å². The number of amides is 1. The lowest BCUT2D eigenvalue weighted by Crippen LogP contribution is -2.35. The number of hydrogen-bond acceptors (Lipinski definition) is 7. The lowest BCUT2D eigenvalue weighted by molar-refractivity contribution is -0.189. The van der Waals surface area contributed by atoms with Gasteiger partial charge in [-0.25, -0.2) is 0 Å². The molecular weight excluding hydrogens is 527 g/mol. The van der Waals surface area contributed by atoms with Crippen molar-refractivity contribution in [2.45, 2.75) is 63.5 Å². The highest BCUT2D eigenvalue weighted by Crippen LogP contribution is 2.37. The molecule has 38 heavy (non-hydrogen) atoms. The van der Waals surface area contributed by atoms with Crippen LogP contribution in [0.25, 0.3) is 11.0 Å². The van der Waals surface area contributed by atoms with E-state index in [0.29, 0.717) is 41.7 Å². The van der Waals surface area contributed by atoms with Crippen LogP contribution in [-0.2, 0) is 0 Å². The molecule has 1 unspecified atom stereocenters. The first-order valence-corrected chi connectivity index (χ1v) is 12.4. The Balaban J connectivity index is 1.68. The summed E-state index contributed by atoms with van der Waals surface area (Å²) in [4.78, 5) is 25.5. The van der Waals surface area contributed by atoms with E-state index in [4.69, 9.17) is 21.1 Å². The van der Waals surface area contributed by atoms with Crippen molar-refractivity contribution in [1.82, 2.24) is 19.9 Å². The van der Waals surface area contributed by atoms with Crippen molar-refractivity contribution in [2.75, 3.05) is 19.4 Å². The molecular formula is C25H29ClF3N5O4. The summed E-state index contributed by atoms with van der Waals surface area (Å²) in [5.74, 6) is -0.388. The maximum absolute atomic E-state index is 13.3. The zero-order valence-electron chi connectivity index (χ0n) is 21.3. The van der Waals surface area contributed by atoms with Crippen LogP contribution in [-0.4, -0.2) is 68.9 Å². The maximum atomic E-state index is 13.3. The number of fused-ring (bicyclic) bond motifs is 1. The van der Waals surface area contributed by atoms with Crippen LogP contribution in [0.5, 0.6) is 11.6 Å². The molecule has 1 fully saturated rings. The molecule has 1 aliphatic rings. The molecule has 1 atom stereocenters. The molecule has 1 amide bonds. The van der Waals surface area contributed by atoms with Crippen molar-refractivity contribution in [3.05, 3.63) is 35.0 Å². The second-order valence-electron chi connectivity index (χ2n) is 9.86. The van der Waals surface area contributed by atoms with Crippen molar-refractivity contribution < 1.29 is 32.5 Å². The van der Waals surface area contributed by atoms with Crippen LogP contribution in [0.2, 0.25) is 5.02 Å². The minimum Gasteiger partial charge on any atom is -0.479 e. The van der Waals surface area contributed by atoms with Crippen molar-refractivity contribution in [3.8, 4) is 11.6 Å². The summed E-state index contributed by atoms with van der Waals surface area (Å²) in [5.41, 5.74) is -0.123. The molecule has 13 heteroatoms. The highest BCUT2D eigenvalue weighted by atomic mass is 35.5. The van der Waals surface area contributed by atoms with Gasteiger partial charge in [-0.3, -0.25) is 4.79 Å². The number of nitrogens with zero attached hydrogens (tertiary/aromatic N) is 3. The van der Waals surface area contributed by atoms with Crippen LogP contribution in [0.1, 0.15) is 49.9 Å². The number of nitrogens with one attached hydrogen (secondary N) is 2. The summed E-state index contributed by atoms with van der Waals surface area (Å²) in [5, 5.41) is 14.0. The van der Waals surface area contributed by atoms with Gasteiger partial charge in [0.1, 0.15) is 17.5 Å². The molecule has 3 aromatic rings. The Morgan fingerprint density at radius 3 is 2.61 bits per heavy atom. The number of aliphatic hydroxyl groups is 1. The number of anilines is 2. The zero-order chi connectivity index (χ0) is 27.8. The lowest BCUT2D eigenvalue weighted by atomic mass is 9.85. The fraction of sp³-hybridized carbons (Fsp3) is 0.480. The standard InChI is InChI=1S/C25H29ClF3N5O4/c1-13(25(27,28)29)37-18-11-14(22(35)34(3)4)5-6-17(18)31-23-32-20-19(16(26)12-30-20)21(33-23)38-15-7-9-24(2,36)10-8-15/h5-6,11-13,15,36H,7-10H2,1-4H3,(H2,30,31,32,33). The molecule has 206 valence electrons. The van der Waals surface area contributed by atoms with Crippen LogP contribution in [0, 0.1) is 0 Å². The summed E-state index contributed by atoms with van der Waals surface area (Å²) < 4.78 is 51.2. The van der Waals surface area contributed by atoms with E-state index in [1.165, 1.54) is 43.4 Å². The van der Waals surface area contributed by atoms with Crippen molar-refractivity contribution >= 4 is 40.2 Å². The van der Waals surface area contributed by atoms with E-state index in [2.05, 4.69) is 20.3 Å². The number of alkyl halides is 3. The largest absolute Gasteiger partial charge is 0.479 e. The van der Waals surface area contributed by atoms with Gasteiger partial charge in [-0.15, -0.1) is 0 Å².